The third-order valence-corrected chi connectivity index (χ3v) is 3.91. The Morgan fingerprint density at radius 1 is 1.29 bits per heavy atom. The van der Waals surface area contributed by atoms with E-state index in [1.54, 1.807) is 0 Å². The summed E-state index contributed by atoms with van der Waals surface area (Å²) in [4.78, 5) is 11.2. The summed E-state index contributed by atoms with van der Waals surface area (Å²) in [5.41, 5.74) is 0.270. The van der Waals surface area contributed by atoms with Crippen molar-refractivity contribution in [3.05, 3.63) is 12.7 Å². The summed E-state index contributed by atoms with van der Waals surface area (Å²) in [6.07, 6.45) is 12.7. The maximum Gasteiger partial charge on any atom is 0.330 e. The van der Waals surface area contributed by atoms with Crippen molar-refractivity contribution in [1.29, 1.82) is 0 Å². The third-order valence-electron chi connectivity index (χ3n) is 3.91. The van der Waals surface area contributed by atoms with E-state index >= 15 is 0 Å². The van der Waals surface area contributed by atoms with Crippen LogP contribution >= 0.6 is 0 Å². The van der Waals surface area contributed by atoms with Crippen molar-refractivity contribution in [3.8, 4) is 0 Å². The topological polar surface area (TPSA) is 26.3 Å². The summed E-state index contributed by atoms with van der Waals surface area (Å²) in [6, 6.07) is 0. The molecule has 0 aromatic rings. The van der Waals surface area contributed by atoms with Gasteiger partial charge in [-0.2, -0.15) is 0 Å². The predicted octanol–water partition coefficient (Wildman–Crippen LogP) is 4.25. The van der Waals surface area contributed by atoms with Crippen molar-refractivity contribution in [2.45, 2.75) is 64.7 Å². The van der Waals surface area contributed by atoms with Crippen LogP contribution in [-0.4, -0.2) is 12.6 Å². The lowest BCUT2D eigenvalue weighted by Crippen LogP contribution is -2.30. The molecule has 0 aromatic heterocycles. The molecule has 0 unspecified atom stereocenters. The first kappa shape index (κ1) is 14.3. The molecular formula is C15H26O2. The van der Waals surface area contributed by atoms with Gasteiger partial charge in [0.2, 0.25) is 0 Å². The number of unbranched alkanes of at least 4 members (excludes halogenated alkanes) is 2. The smallest absolute Gasteiger partial charge is 0.330 e. The van der Waals surface area contributed by atoms with Crippen LogP contribution in [-0.2, 0) is 9.53 Å². The average molecular weight is 238 g/mol. The van der Waals surface area contributed by atoms with E-state index in [1.165, 1.54) is 63.9 Å². The number of hydrogen-bond donors (Lipinski definition) is 0. The molecule has 1 aliphatic carbocycles. The highest BCUT2D eigenvalue weighted by Crippen LogP contribution is 2.41. The molecule has 1 fully saturated rings. The number of ether oxygens (including phenoxy) is 1. The van der Waals surface area contributed by atoms with Gasteiger partial charge in [-0.3, -0.25) is 0 Å². The van der Waals surface area contributed by atoms with Crippen molar-refractivity contribution in [3.63, 3.8) is 0 Å². The Hall–Kier alpha value is -0.790. The minimum atomic E-state index is -0.273. The van der Waals surface area contributed by atoms with E-state index in [0.29, 0.717) is 6.61 Å². The molecule has 2 heteroatoms. The molecule has 0 atom stereocenters. The Bertz CT molecular complexity index is 239. The normalized spacial score (nSPS) is 18.6. The van der Waals surface area contributed by atoms with Crippen molar-refractivity contribution in [2.75, 3.05) is 6.61 Å². The van der Waals surface area contributed by atoms with Crippen LogP contribution in [0.4, 0.5) is 0 Å². The van der Waals surface area contributed by atoms with Gasteiger partial charge in [0.25, 0.3) is 0 Å². The van der Waals surface area contributed by atoms with E-state index < -0.39 is 0 Å². The standard InChI is InChI=1S/C15H26O2/c1-3-5-7-10-15(11-8-6-9-12-15)13-17-14(16)4-2/h4H,2-3,5-13H2,1H3. The van der Waals surface area contributed by atoms with Crippen LogP contribution < -0.4 is 0 Å². The van der Waals surface area contributed by atoms with E-state index in [4.69, 9.17) is 4.74 Å². The molecule has 17 heavy (non-hydrogen) atoms. The maximum atomic E-state index is 11.2. The van der Waals surface area contributed by atoms with Crippen LogP contribution in [0.2, 0.25) is 0 Å². The van der Waals surface area contributed by atoms with E-state index in [0.717, 1.165) is 0 Å². The van der Waals surface area contributed by atoms with Gasteiger partial charge in [0, 0.05) is 11.5 Å². The minimum absolute atomic E-state index is 0.270. The van der Waals surface area contributed by atoms with Crippen LogP contribution in [0.25, 0.3) is 0 Å². The second-order valence-corrected chi connectivity index (χ2v) is 5.33. The highest BCUT2D eigenvalue weighted by atomic mass is 16.5. The molecule has 0 amide bonds. The number of carbonyl (C=O) groups is 1. The molecule has 0 spiro atoms. The molecule has 98 valence electrons. The second kappa shape index (κ2) is 7.52. The van der Waals surface area contributed by atoms with E-state index in [-0.39, 0.29) is 11.4 Å². The first-order chi connectivity index (χ1) is 8.22. The Morgan fingerprint density at radius 3 is 2.59 bits per heavy atom. The molecule has 0 saturated heterocycles. The minimum Gasteiger partial charge on any atom is -0.462 e. The highest BCUT2D eigenvalue weighted by molar-refractivity contribution is 5.81. The molecule has 0 radical (unpaired) electrons. The summed E-state index contributed by atoms with van der Waals surface area (Å²) in [6.45, 7) is 6.27. The largest absolute Gasteiger partial charge is 0.462 e. The molecule has 0 N–H and O–H groups in total. The van der Waals surface area contributed by atoms with Gasteiger partial charge in [-0.25, -0.2) is 4.79 Å². The van der Waals surface area contributed by atoms with E-state index in [1.807, 2.05) is 0 Å². The molecule has 1 rings (SSSR count). The van der Waals surface area contributed by atoms with Crippen LogP contribution in [0.5, 0.6) is 0 Å². The molecule has 0 aromatic carbocycles. The SMILES string of the molecule is C=CC(=O)OCC1(CCCCC)CCCCC1. The fourth-order valence-electron chi connectivity index (χ4n) is 2.80. The Labute approximate surface area is 105 Å². The quantitative estimate of drug-likeness (QED) is 0.376. The van der Waals surface area contributed by atoms with Gasteiger partial charge in [-0.05, 0) is 19.3 Å². The van der Waals surface area contributed by atoms with Crippen molar-refractivity contribution >= 4 is 5.97 Å². The van der Waals surface area contributed by atoms with E-state index in [9.17, 15) is 4.79 Å². The fourth-order valence-corrected chi connectivity index (χ4v) is 2.80. The number of rotatable bonds is 7. The molecule has 0 bridgehead atoms. The maximum absolute atomic E-state index is 11.2. The molecule has 0 aliphatic heterocycles. The van der Waals surface area contributed by atoms with Crippen LogP contribution in [0.15, 0.2) is 12.7 Å². The van der Waals surface area contributed by atoms with Gasteiger partial charge in [-0.15, -0.1) is 0 Å². The van der Waals surface area contributed by atoms with Gasteiger partial charge in [0.15, 0.2) is 0 Å². The highest BCUT2D eigenvalue weighted by Gasteiger charge is 2.32. The Morgan fingerprint density at radius 2 is 2.00 bits per heavy atom. The molecule has 0 heterocycles. The van der Waals surface area contributed by atoms with Crippen LogP contribution in [0.3, 0.4) is 0 Å². The first-order valence-electron chi connectivity index (χ1n) is 7.02. The lowest BCUT2D eigenvalue weighted by atomic mass is 9.71. The first-order valence-corrected chi connectivity index (χ1v) is 7.02. The molecule has 1 saturated carbocycles. The van der Waals surface area contributed by atoms with Gasteiger partial charge in [0.1, 0.15) is 0 Å². The van der Waals surface area contributed by atoms with E-state index in [2.05, 4.69) is 13.5 Å². The zero-order valence-corrected chi connectivity index (χ0v) is 11.2. The van der Waals surface area contributed by atoms with Gasteiger partial charge >= 0.3 is 5.97 Å². The van der Waals surface area contributed by atoms with Gasteiger partial charge in [-0.1, -0.05) is 52.0 Å². The zero-order valence-electron chi connectivity index (χ0n) is 11.2. The second-order valence-electron chi connectivity index (χ2n) is 5.33. The van der Waals surface area contributed by atoms with Crippen LogP contribution in [0, 0.1) is 5.41 Å². The molecular weight excluding hydrogens is 212 g/mol. The molecule has 1 aliphatic rings. The average Bonchev–Trinajstić information content (AvgIpc) is 2.37. The summed E-state index contributed by atoms with van der Waals surface area (Å²) < 4.78 is 5.31. The third kappa shape index (κ3) is 4.93. The number of hydrogen-bond acceptors (Lipinski definition) is 2. The fraction of sp³-hybridized carbons (Fsp3) is 0.800. The lowest BCUT2D eigenvalue weighted by molar-refractivity contribution is -0.142. The van der Waals surface area contributed by atoms with Crippen molar-refractivity contribution < 1.29 is 9.53 Å². The Kier molecular flexibility index (Phi) is 6.31. The number of esters is 1. The van der Waals surface area contributed by atoms with Gasteiger partial charge < -0.3 is 4.74 Å². The summed E-state index contributed by atoms with van der Waals surface area (Å²) in [5, 5.41) is 0. The van der Waals surface area contributed by atoms with Crippen molar-refractivity contribution in [2.24, 2.45) is 5.41 Å². The lowest BCUT2D eigenvalue weighted by Gasteiger charge is -2.36. The zero-order chi connectivity index (χ0) is 12.6. The Balaban J connectivity index is 2.45. The molecule has 2 nitrogen and oxygen atoms in total. The summed E-state index contributed by atoms with van der Waals surface area (Å²) in [7, 11) is 0. The van der Waals surface area contributed by atoms with Crippen molar-refractivity contribution in [1.82, 2.24) is 0 Å². The predicted molar refractivity (Wildman–Crippen MR) is 70.8 cm³/mol. The number of carbonyl (C=O) groups excluding carboxylic acids is 1. The summed E-state index contributed by atoms with van der Waals surface area (Å²) >= 11 is 0. The van der Waals surface area contributed by atoms with Gasteiger partial charge in [0.05, 0.1) is 6.61 Å². The van der Waals surface area contributed by atoms with Crippen LogP contribution in [0.1, 0.15) is 64.7 Å². The summed E-state index contributed by atoms with van der Waals surface area (Å²) in [5.74, 6) is -0.273. The monoisotopic (exact) mass is 238 g/mol.